The van der Waals surface area contributed by atoms with Crippen LogP contribution < -0.4 is 20.1 Å². The lowest BCUT2D eigenvalue weighted by atomic mass is 10.0. The number of amides is 1. The van der Waals surface area contributed by atoms with Crippen molar-refractivity contribution in [2.75, 3.05) is 20.7 Å². The van der Waals surface area contributed by atoms with E-state index in [4.69, 9.17) is 17.0 Å². The van der Waals surface area contributed by atoms with Crippen LogP contribution in [-0.4, -0.2) is 40.1 Å². The Morgan fingerprint density at radius 1 is 1.00 bits per heavy atom. The first kappa shape index (κ1) is 25.9. The minimum atomic E-state index is -3.94. The molecule has 0 spiro atoms. The Hall–Kier alpha value is -3.69. The molecule has 3 aromatic carbocycles. The number of benzene rings is 3. The third kappa shape index (κ3) is 7.14. The third-order valence-corrected chi connectivity index (χ3v) is 6.92. The van der Waals surface area contributed by atoms with Gasteiger partial charge in [0, 0.05) is 19.2 Å². The zero-order valence-electron chi connectivity index (χ0n) is 19.4. The van der Waals surface area contributed by atoms with E-state index in [2.05, 4.69) is 15.4 Å². The van der Waals surface area contributed by atoms with Crippen LogP contribution in [-0.2, 0) is 21.2 Å². The number of ether oxygens (including phenoxy) is 1. The molecular weight excluding hydrogens is 482 g/mol. The molecule has 0 heterocycles. The van der Waals surface area contributed by atoms with Crippen molar-refractivity contribution >= 4 is 44.9 Å². The van der Waals surface area contributed by atoms with Crippen LogP contribution in [0.15, 0.2) is 83.8 Å². The predicted molar refractivity (Wildman–Crippen MR) is 142 cm³/mol. The Balaban J connectivity index is 1.76. The maximum absolute atomic E-state index is 13.1. The van der Waals surface area contributed by atoms with E-state index in [1.165, 1.54) is 20.2 Å². The van der Waals surface area contributed by atoms with Gasteiger partial charge in [-0.3, -0.25) is 9.52 Å². The van der Waals surface area contributed by atoms with E-state index >= 15 is 0 Å². The number of thiocarbonyl (C=S) groups is 1. The minimum absolute atomic E-state index is 0.0247. The molecule has 7 nitrogen and oxygen atoms in total. The molecule has 0 aliphatic heterocycles. The molecule has 0 aliphatic carbocycles. The van der Waals surface area contributed by atoms with Gasteiger partial charge in [-0.05, 0) is 53.5 Å². The number of carbonyl (C=O) groups excluding carboxylic acids is 1. The predicted octanol–water partition coefficient (Wildman–Crippen LogP) is 3.38. The van der Waals surface area contributed by atoms with E-state index in [9.17, 15) is 13.2 Å². The van der Waals surface area contributed by atoms with Crippen molar-refractivity contribution in [3.05, 3.63) is 95.6 Å². The molecule has 0 bridgehead atoms. The second kappa shape index (κ2) is 12.1. The number of methoxy groups -OCH3 is 1. The van der Waals surface area contributed by atoms with Gasteiger partial charge in [-0.1, -0.05) is 66.7 Å². The molecule has 0 radical (unpaired) electrons. The Kier molecular flexibility index (Phi) is 8.99. The number of hydrogen-bond acceptors (Lipinski definition) is 5. The summed E-state index contributed by atoms with van der Waals surface area (Å²) in [7, 11) is -1.01. The second-order valence-corrected chi connectivity index (χ2v) is 9.57. The number of sulfonamides is 1. The summed E-state index contributed by atoms with van der Waals surface area (Å²) < 4.78 is 33.0. The first-order valence-corrected chi connectivity index (χ1v) is 12.7. The zero-order chi connectivity index (χ0) is 25.3. The van der Waals surface area contributed by atoms with Crippen LogP contribution in [0.4, 0.5) is 0 Å². The molecule has 3 aromatic rings. The fourth-order valence-corrected chi connectivity index (χ4v) is 4.85. The summed E-state index contributed by atoms with van der Waals surface area (Å²) in [5, 5.41) is 5.50. The fraction of sp³-hybridized carbons (Fsp3) is 0.154. The van der Waals surface area contributed by atoms with Gasteiger partial charge in [0.2, 0.25) is 0 Å². The van der Waals surface area contributed by atoms with Crippen LogP contribution in [0.2, 0.25) is 0 Å². The Morgan fingerprint density at radius 3 is 2.29 bits per heavy atom. The number of hydrogen-bond donors (Lipinski definition) is 3. The third-order valence-electron chi connectivity index (χ3n) is 5.11. The van der Waals surface area contributed by atoms with Crippen molar-refractivity contribution in [1.29, 1.82) is 0 Å². The van der Waals surface area contributed by atoms with Crippen molar-refractivity contribution in [3.8, 4) is 5.75 Å². The van der Waals surface area contributed by atoms with Gasteiger partial charge in [0.1, 0.15) is 10.6 Å². The van der Waals surface area contributed by atoms with Gasteiger partial charge in [0.15, 0.2) is 5.11 Å². The van der Waals surface area contributed by atoms with E-state index in [0.717, 1.165) is 16.7 Å². The van der Waals surface area contributed by atoms with Crippen molar-refractivity contribution < 1.29 is 17.9 Å². The largest absolute Gasteiger partial charge is 0.495 e. The van der Waals surface area contributed by atoms with Gasteiger partial charge in [0.25, 0.3) is 15.9 Å². The molecule has 0 aliphatic rings. The highest BCUT2D eigenvalue weighted by molar-refractivity contribution is 7.92. The summed E-state index contributed by atoms with van der Waals surface area (Å²) in [5.74, 6) is -0.0243. The summed E-state index contributed by atoms with van der Waals surface area (Å²) in [6, 6.07) is 23.9. The van der Waals surface area contributed by atoms with Gasteiger partial charge >= 0.3 is 0 Å². The molecule has 0 atom stereocenters. The maximum Gasteiger partial charge on any atom is 0.267 e. The lowest BCUT2D eigenvalue weighted by Gasteiger charge is -2.14. The van der Waals surface area contributed by atoms with Gasteiger partial charge < -0.3 is 15.4 Å². The van der Waals surface area contributed by atoms with E-state index in [0.29, 0.717) is 18.5 Å². The summed E-state index contributed by atoms with van der Waals surface area (Å²) in [5.41, 5.74) is 2.98. The van der Waals surface area contributed by atoms with E-state index in [-0.39, 0.29) is 21.7 Å². The molecule has 182 valence electrons. The fourth-order valence-electron chi connectivity index (χ4n) is 3.34. The SMILES string of the molecule is CNC(=S)NS(=O)(=O)c1cc(CCNC(=O)/C(=C/c2ccccc2)c2ccccc2)ccc1OC. The Bertz CT molecular complexity index is 1310. The van der Waals surface area contributed by atoms with E-state index in [1.807, 2.05) is 66.7 Å². The lowest BCUT2D eigenvalue weighted by molar-refractivity contribution is -0.115. The molecule has 35 heavy (non-hydrogen) atoms. The highest BCUT2D eigenvalue weighted by Gasteiger charge is 2.21. The van der Waals surface area contributed by atoms with Crippen molar-refractivity contribution in [2.24, 2.45) is 0 Å². The van der Waals surface area contributed by atoms with Crippen LogP contribution in [0.25, 0.3) is 11.6 Å². The standard InChI is InChI=1S/C26H27N3O4S2/c1-27-26(34)29-35(31,32)24-18-20(13-14-23(24)33-2)15-16-28-25(30)22(21-11-7-4-8-12-21)17-19-9-5-3-6-10-19/h3-14,17-18H,15-16H2,1-2H3,(H,28,30)(H2,27,29,34)/b22-17+. The van der Waals surface area contributed by atoms with E-state index < -0.39 is 10.0 Å². The molecule has 0 aromatic heterocycles. The number of rotatable bonds is 9. The molecule has 0 unspecified atom stereocenters. The zero-order valence-corrected chi connectivity index (χ0v) is 21.1. The van der Waals surface area contributed by atoms with Crippen LogP contribution in [0.5, 0.6) is 5.75 Å². The smallest absolute Gasteiger partial charge is 0.267 e. The maximum atomic E-state index is 13.1. The monoisotopic (exact) mass is 509 g/mol. The first-order valence-electron chi connectivity index (χ1n) is 10.9. The molecule has 3 rings (SSSR count). The van der Waals surface area contributed by atoms with Crippen LogP contribution in [0.3, 0.4) is 0 Å². The normalized spacial score (nSPS) is 11.4. The molecule has 1 amide bonds. The molecule has 9 heteroatoms. The molecule has 0 saturated heterocycles. The van der Waals surface area contributed by atoms with Crippen LogP contribution in [0, 0.1) is 0 Å². The summed E-state index contributed by atoms with van der Waals surface area (Å²) in [4.78, 5) is 13.1. The Morgan fingerprint density at radius 2 is 1.66 bits per heavy atom. The van der Waals surface area contributed by atoms with Gasteiger partial charge in [-0.25, -0.2) is 8.42 Å². The molecular formula is C26H27N3O4S2. The quantitative estimate of drug-likeness (QED) is 0.233. The molecule has 0 saturated carbocycles. The average Bonchev–Trinajstić information content (AvgIpc) is 2.88. The summed E-state index contributed by atoms with van der Waals surface area (Å²) in [6.07, 6.45) is 2.27. The van der Waals surface area contributed by atoms with Crippen molar-refractivity contribution in [3.63, 3.8) is 0 Å². The average molecular weight is 510 g/mol. The topological polar surface area (TPSA) is 96.5 Å². The van der Waals surface area contributed by atoms with Crippen LogP contribution >= 0.6 is 12.2 Å². The minimum Gasteiger partial charge on any atom is -0.495 e. The first-order chi connectivity index (χ1) is 16.8. The highest BCUT2D eigenvalue weighted by Crippen LogP contribution is 2.25. The van der Waals surface area contributed by atoms with Crippen LogP contribution in [0.1, 0.15) is 16.7 Å². The number of carbonyl (C=O) groups is 1. The number of nitrogens with one attached hydrogen (secondary N) is 3. The van der Waals surface area contributed by atoms with Crippen molar-refractivity contribution in [1.82, 2.24) is 15.4 Å². The summed E-state index contributed by atoms with van der Waals surface area (Å²) in [6.45, 7) is 0.311. The van der Waals surface area contributed by atoms with Gasteiger partial charge in [0.05, 0.1) is 7.11 Å². The van der Waals surface area contributed by atoms with E-state index in [1.54, 1.807) is 12.1 Å². The second-order valence-electron chi connectivity index (χ2n) is 7.51. The molecule has 3 N–H and O–H groups in total. The van der Waals surface area contributed by atoms with Crippen molar-refractivity contribution in [2.45, 2.75) is 11.3 Å². The Labute approximate surface area is 211 Å². The van der Waals surface area contributed by atoms with Gasteiger partial charge in [-0.15, -0.1) is 0 Å². The lowest BCUT2D eigenvalue weighted by Crippen LogP contribution is -2.37. The highest BCUT2D eigenvalue weighted by atomic mass is 32.2. The molecule has 0 fully saturated rings. The summed E-state index contributed by atoms with van der Waals surface area (Å²) >= 11 is 4.93. The van der Waals surface area contributed by atoms with Gasteiger partial charge in [-0.2, -0.15) is 0 Å².